The number of benzene rings is 2. The topological polar surface area (TPSA) is 56.7 Å². The molecule has 2 aromatic heterocycles. The van der Waals surface area contributed by atoms with E-state index in [0.29, 0.717) is 23.2 Å². The molecule has 0 N–H and O–H groups in total. The third kappa shape index (κ3) is 3.98. The summed E-state index contributed by atoms with van der Waals surface area (Å²) in [4.78, 5) is 4.45. The van der Waals surface area contributed by atoms with Gasteiger partial charge in [-0.3, -0.25) is 4.57 Å². The number of halogens is 1. The number of hydrogen-bond acceptors (Lipinski definition) is 5. The average Bonchev–Trinajstić information content (AvgIpc) is 3.24. The van der Waals surface area contributed by atoms with E-state index in [4.69, 9.17) is 16.0 Å². The van der Waals surface area contributed by atoms with Crippen LogP contribution in [-0.2, 0) is 12.3 Å². The van der Waals surface area contributed by atoms with Gasteiger partial charge in [-0.25, -0.2) is 4.98 Å². The normalized spacial score (nSPS) is 11.1. The zero-order valence-electron chi connectivity index (χ0n) is 15.6. The standard InChI is InChI=1S/C21H19ClN4OS/c1-14-15(2)27-19(23-14)13-28-21-25-24-20(17-10-6-7-11-18(17)22)26(21)12-16-8-4-3-5-9-16/h3-11H,12-13H2,1-2H3. The molecule has 4 rings (SSSR count). The second-order valence-electron chi connectivity index (χ2n) is 6.40. The number of rotatable bonds is 6. The maximum Gasteiger partial charge on any atom is 0.205 e. The molecule has 0 aliphatic rings. The van der Waals surface area contributed by atoms with Crippen molar-refractivity contribution in [1.82, 2.24) is 19.7 Å². The zero-order chi connectivity index (χ0) is 19.5. The molecule has 0 fully saturated rings. The van der Waals surface area contributed by atoms with Gasteiger partial charge in [0.2, 0.25) is 5.89 Å². The summed E-state index contributed by atoms with van der Waals surface area (Å²) in [7, 11) is 0. The van der Waals surface area contributed by atoms with Gasteiger partial charge in [0.05, 0.1) is 23.0 Å². The van der Waals surface area contributed by atoms with E-state index >= 15 is 0 Å². The third-order valence-corrected chi connectivity index (χ3v) is 5.69. The average molecular weight is 411 g/mol. The maximum absolute atomic E-state index is 6.42. The summed E-state index contributed by atoms with van der Waals surface area (Å²) < 4.78 is 7.78. The monoisotopic (exact) mass is 410 g/mol. The van der Waals surface area contributed by atoms with E-state index in [1.54, 1.807) is 11.8 Å². The van der Waals surface area contributed by atoms with Crippen molar-refractivity contribution in [2.24, 2.45) is 0 Å². The van der Waals surface area contributed by atoms with E-state index in [1.165, 1.54) is 5.56 Å². The number of oxazole rings is 1. The molecule has 142 valence electrons. The SMILES string of the molecule is Cc1nc(CSc2nnc(-c3ccccc3Cl)n2Cc2ccccc2)oc1C. The molecular weight excluding hydrogens is 392 g/mol. The second-order valence-corrected chi connectivity index (χ2v) is 7.75. The summed E-state index contributed by atoms with van der Waals surface area (Å²) in [5, 5.41) is 10.3. The lowest BCUT2D eigenvalue weighted by Gasteiger charge is -2.11. The number of aromatic nitrogens is 4. The third-order valence-electron chi connectivity index (χ3n) is 4.41. The van der Waals surface area contributed by atoms with Crippen LogP contribution in [0.15, 0.2) is 64.2 Å². The Bertz CT molecular complexity index is 1070. The van der Waals surface area contributed by atoms with E-state index in [0.717, 1.165) is 28.0 Å². The molecule has 0 aliphatic heterocycles. The lowest BCUT2D eigenvalue weighted by Crippen LogP contribution is -2.04. The van der Waals surface area contributed by atoms with E-state index in [1.807, 2.05) is 56.3 Å². The highest BCUT2D eigenvalue weighted by atomic mass is 35.5. The molecule has 7 heteroatoms. The van der Waals surface area contributed by atoms with Gasteiger partial charge in [0.25, 0.3) is 0 Å². The van der Waals surface area contributed by atoms with Gasteiger partial charge in [0.15, 0.2) is 11.0 Å². The number of aryl methyl sites for hydroxylation is 2. The van der Waals surface area contributed by atoms with Gasteiger partial charge in [-0.05, 0) is 31.5 Å². The molecule has 0 amide bonds. The molecule has 0 unspecified atom stereocenters. The summed E-state index contributed by atoms with van der Waals surface area (Å²) in [5.74, 6) is 2.87. The fraction of sp³-hybridized carbons (Fsp3) is 0.190. The van der Waals surface area contributed by atoms with Crippen LogP contribution in [0.2, 0.25) is 5.02 Å². The lowest BCUT2D eigenvalue weighted by molar-refractivity contribution is 0.489. The highest BCUT2D eigenvalue weighted by Crippen LogP contribution is 2.31. The minimum absolute atomic E-state index is 0.587. The van der Waals surface area contributed by atoms with E-state index in [2.05, 4.69) is 31.9 Å². The van der Waals surface area contributed by atoms with Crippen LogP contribution >= 0.6 is 23.4 Å². The van der Waals surface area contributed by atoms with E-state index < -0.39 is 0 Å². The summed E-state index contributed by atoms with van der Waals surface area (Å²) in [6.07, 6.45) is 0. The van der Waals surface area contributed by atoms with Gasteiger partial charge in [0, 0.05) is 5.56 Å². The van der Waals surface area contributed by atoms with Crippen molar-refractivity contribution in [3.8, 4) is 11.4 Å². The highest BCUT2D eigenvalue weighted by Gasteiger charge is 2.18. The van der Waals surface area contributed by atoms with Crippen molar-refractivity contribution in [2.75, 3.05) is 0 Å². The van der Waals surface area contributed by atoms with Crippen LogP contribution in [0, 0.1) is 13.8 Å². The Kier molecular flexibility index (Phi) is 5.50. The first-order valence-electron chi connectivity index (χ1n) is 8.89. The molecule has 5 nitrogen and oxygen atoms in total. The Morgan fingerprint density at radius 3 is 2.46 bits per heavy atom. The molecule has 2 heterocycles. The van der Waals surface area contributed by atoms with E-state index in [-0.39, 0.29) is 0 Å². The Morgan fingerprint density at radius 1 is 1.00 bits per heavy atom. The van der Waals surface area contributed by atoms with Crippen molar-refractivity contribution in [3.05, 3.63) is 82.5 Å². The molecule has 0 saturated heterocycles. The summed E-state index contributed by atoms with van der Waals surface area (Å²) in [5.41, 5.74) is 2.95. The summed E-state index contributed by atoms with van der Waals surface area (Å²) in [6, 6.07) is 17.9. The van der Waals surface area contributed by atoms with Gasteiger partial charge in [-0.2, -0.15) is 0 Å². The molecule has 0 atom stereocenters. The lowest BCUT2D eigenvalue weighted by atomic mass is 10.2. The predicted molar refractivity (Wildman–Crippen MR) is 112 cm³/mol. The number of thioether (sulfide) groups is 1. The van der Waals surface area contributed by atoms with Crippen molar-refractivity contribution >= 4 is 23.4 Å². The first-order valence-corrected chi connectivity index (χ1v) is 10.3. The summed E-state index contributed by atoms with van der Waals surface area (Å²) in [6.45, 7) is 4.52. The number of nitrogens with zero attached hydrogens (tertiary/aromatic N) is 4. The first kappa shape index (κ1) is 18.8. The van der Waals surface area contributed by atoms with Crippen LogP contribution in [-0.4, -0.2) is 19.7 Å². The van der Waals surface area contributed by atoms with Crippen LogP contribution in [0.3, 0.4) is 0 Å². The van der Waals surface area contributed by atoms with Crippen molar-refractivity contribution in [2.45, 2.75) is 31.3 Å². The van der Waals surface area contributed by atoms with Crippen LogP contribution in [0.5, 0.6) is 0 Å². The van der Waals surface area contributed by atoms with E-state index in [9.17, 15) is 0 Å². The Balaban J connectivity index is 1.68. The van der Waals surface area contributed by atoms with Crippen molar-refractivity contribution in [1.29, 1.82) is 0 Å². The van der Waals surface area contributed by atoms with Crippen LogP contribution in [0.1, 0.15) is 22.9 Å². The Morgan fingerprint density at radius 2 is 1.75 bits per heavy atom. The quantitative estimate of drug-likeness (QED) is 0.390. The molecule has 4 aromatic rings. The van der Waals surface area contributed by atoms with Gasteiger partial charge in [-0.1, -0.05) is 65.8 Å². The highest BCUT2D eigenvalue weighted by molar-refractivity contribution is 7.98. The smallest absolute Gasteiger partial charge is 0.205 e. The molecule has 0 saturated carbocycles. The van der Waals surface area contributed by atoms with Crippen LogP contribution in [0.25, 0.3) is 11.4 Å². The largest absolute Gasteiger partial charge is 0.445 e. The molecule has 28 heavy (non-hydrogen) atoms. The summed E-state index contributed by atoms with van der Waals surface area (Å²) >= 11 is 7.98. The fourth-order valence-corrected chi connectivity index (χ4v) is 3.87. The second kappa shape index (κ2) is 8.20. The van der Waals surface area contributed by atoms with Crippen LogP contribution < -0.4 is 0 Å². The fourth-order valence-electron chi connectivity index (χ4n) is 2.87. The Hall–Kier alpha value is -2.57. The molecule has 0 spiro atoms. The van der Waals surface area contributed by atoms with Gasteiger partial charge in [-0.15, -0.1) is 10.2 Å². The van der Waals surface area contributed by atoms with Crippen molar-refractivity contribution in [3.63, 3.8) is 0 Å². The maximum atomic E-state index is 6.42. The predicted octanol–water partition coefficient (Wildman–Crippen LogP) is 5.54. The Labute approximate surface area is 172 Å². The van der Waals surface area contributed by atoms with Gasteiger partial charge >= 0.3 is 0 Å². The molecule has 2 aromatic carbocycles. The molecule has 0 bridgehead atoms. The number of hydrogen-bond donors (Lipinski definition) is 0. The van der Waals surface area contributed by atoms with Crippen molar-refractivity contribution < 1.29 is 4.42 Å². The van der Waals surface area contributed by atoms with Gasteiger partial charge in [0.1, 0.15) is 5.76 Å². The first-order chi connectivity index (χ1) is 13.6. The molecule has 0 radical (unpaired) electrons. The minimum atomic E-state index is 0.587. The molecular formula is C21H19ClN4OS. The van der Waals surface area contributed by atoms with Gasteiger partial charge < -0.3 is 4.42 Å². The zero-order valence-corrected chi connectivity index (χ0v) is 17.2. The molecule has 0 aliphatic carbocycles. The van der Waals surface area contributed by atoms with Crippen LogP contribution in [0.4, 0.5) is 0 Å². The minimum Gasteiger partial charge on any atom is -0.445 e.